The van der Waals surface area contributed by atoms with Crippen molar-refractivity contribution >= 4 is 16.7 Å². The van der Waals surface area contributed by atoms with Crippen molar-refractivity contribution in [3.8, 4) is 0 Å². The highest BCUT2D eigenvalue weighted by atomic mass is 15.1. The van der Waals surface area contributed by atoms with Crippen molar-refractivity contribution in [2.75, 3.05) is 19.0 Å². The van der Waals surface area contributed by atoms with Gasteiger partial charge in [0.2, 0.25) is 0 Å². The largest absolute Gasteiger partial charge is 0.377 e. The number of hydrogen-bond acceptors (Lipinski definition) is 3. The Labute approximate surface area is 89.3 Å². The van der Waals surface area contributed by atoms with Crippen LogP contribution in [0, 0.1) is 0 Å². The van der Waals surface area contributed by atoms with E-state index in [4.69, 9.17) is 5.73 Å². The monoisotopic (exact) mass is 204 g/mol. The van der Waals surface area contributed by atoms with E-state index in [1.54, 1.807) is 0 Å². The number of nitrogens with zero attached hydrogens (tertiary/aromatic N) is 3. The second-order valence-electron chi connectivity index (χ2n) is 3.89. The molecule has 0 aromatic carbocycles. The summed E-state index contributed by atoms with van der Waals surface area (Å²) in [4.78, 5) is 6.46. The first-order valence-electron chi connectivity index (χ1n) is 4.95. The maximum atomic E-state index is 5.74. The number of anilines is 1. The standard InChI is InChI=1S/C11H16N4/c1-14(2)9-4-5-13-11-10(9)8(6-12)7-15(11)3/h4-5,7H,6,12H2,1-3H3. The molecule has 2 rings (SSSR count). The predicted molar refractivity (Wildman–Crippen MR) is 62.9 cm³/mol. The minimum atomic E-state index is 0.546. The van der Waals surface area contributed by atoms with E-state index in [2.05, 4.69) is 9.88 Å². The number of hydrogen-bond donors (Lipinski definition) is 1. The summed E-state index contributed by atoms with van der Waals surface area (Å²) in [7, 11) is 6.05. The van der Waals surface area contributed by atoms with Crippen molar-refractivity contribution in [3.05, 3.63) is 24.0 Å². The minimum absolute atomic E-state index is 0.546. The quantitative estimate of drug-likeness (QED) is 0.796. The summed E-state index contributed by atoms with van der Waals surface area (Å²) in [5.41, 5.74) is 9.04. The summed E-state index contributed by atoms with van der Waals surface area (Å²) in [5.74, 6) is 0. The summed E-state index contributed by atoms with van der Waals surface area (Å²) in [6, 6.07) is 2.02. The molecule has 0 fully saturated rings. The van der Waals surface area contributed by atoms with Crippen molar-refractivity contribution in [2.24, 2.45) is 12.8 Å². The highest BCUT2D eigenvalue weighted by molar-refractivity contribution is 5.93. The van der Waals surface area contributed by atoms with Gasteiger partial charge in [0.15, 0.2) is 0 Å². The zero-order valence-electron chi connectivity index (χ0n) is 9.36. The topological polar surface area (TPSA) is 47.1 Å². The molecule has 0 radical (unpaired) electrons. The summed E-state index contributed by atoms with van der Waals surface area (Å²) in [6.07, 6.45) is 3.88. The third-order valence-corrected chi connectivity index (χ3v) is 2.62. The number of fused-ring (bicyclic) bond motifs is 1. The molecule has 0 atom stereocenters. The van der Waals surface area contributed by atoms with Crippen molar-refractivity contribution in [2.45, 2.75) is 6.54 Å². The molecule has 2 N–H and O–H groups in total. The second-order valence-corrected chi connectivity index (χ2v) is 3.89. The van der Waals surface area contributed by atoms with Crippen molar-refractivity contribution in [1.29, 1.82) is 0 Å². The molecule has 2 aromatic rings. The SMILES string of the molecule is CN(C)c1ccnc2c1c(CN)cn2C. The molecule has 4 heteroatoms. The summed E-state index contributed by atoms with van der Waals surface area (Å²) in [6.45, 7) is 0.546. The van der Waals surface area contributed by atoms with Crippen LogP contribution in [-0.4, -0.2) is 23.6 Å². The Hall–Kier alpha value is -1.55. The van der Waals surface area contributed by atoms with Gasteiger partial charge in [0.05, 0.1) is 0 Å². The van der Waals surface area contributed by atoms with Gasteiger partial charge in [-0.15, -0.1) is 0 Å². The molecule has 0 spiro atoms. The number of pyridine rings is 1. The van der Waals surface area contributed by atoms with Gasteiger partial charge in [-0.1, -0.05) is 0 Å². The van der Waals surface area contributed by atoms with E-state index in [9.17, 15) is 0 Å². The van der Waals surface area contributed by atoms with Gasteiger partial charge in [-0.05, 0) is 11.6 Å². The Bertz CT molecular complexity index is 485. The van der Waals surface area contributed by atoms with E-state index in [-0.39, 0.29) is 0 Å². The normalized spacial score (nSPS) is 10.9. The van der Waals surface area contributed by atoms with Crippen molar-refractivity contribution < 1.29 is 0 Å². The Kier molecular flexibility index (Phi) is 2.36. The smallest absolute Gasteiger partial charge is 0.142 e. The predicted octanol–water partition coefficient (Wildman–Crippen LogP) is 1.10. The van der Waals surface area contributed by atoms with Crippen LogP contribution in [0.4, 0.5) is 5.69 Å². The third kappa shape index (κ3) is 1.47. The number of aryl methyl sites for hydroxylation is 1. The second kappa shape index (κ2) is 3.55. The van der Waals surface area contributed by atoms with Gasteiger partial charge in [0.1, 0.15) is 5.65 Å². The Morgan fingerprint density at radius 1 is 1.47 bits per heavy atom. The zero-order chi connectivity index (χ0) is 11.0. The van der Waals surface area contributed by atoms with E-state index in [1.807, 2.05) is 44.2 Å². The molecule has 80 valence electrons. The molecule has 2 heterocycles. The van der Waals surface area contributed by atoms with Gasteiger partial charge >= 0.3 is 0 Å². The lowest BCUT2D eigenvalue weighted by Crippen LogP contribution is -2.10. The number of nitrogens with two attached hydrogens (primary N) is 1. The van der Waals surface area contributed by atoms with Gasteiger partial charge < -0.3 is 15.2 Å². The average Bonchev–Trinajstić information content (AvgIpc) is 2.55. The van der Waals surface area contributed by atoms with E-state index < -0.39 is 0 Å². The third-order valence-electron chi connectivity index (χ3n) is 2.62. The molecule has 0 aliphatic heterocycles. The van der Waals surface area contributed by atoms with Gasteiger partial charge in [-0.3, -0.25) is 0 Å². The molecule has 0 saturated carbocycles. The first-order chi connectivity index (χ1) is 7.15. The molecule has 0 unspecified atom stereocenters. The van der Waals surface area contributed by atoms with Crippen LogP contribution in [0.2, 0.25) is 0 Å². The van der Waals surface area contributed by atoms with E-state index in [0.717, 1.165) is 16.6 Å². The molecule has 0 amide bonds. The van der Waals surface area contributed by atoms with Crippen LogP contribution in [-0.2, 0) is 13.6 Å². The summed E-state index contributed by atoms with van der Waals surface area (Å²) >= 11 is 0. The fourth-order valence-corrected chi connectivity index (χ4v) is 1.90. The summed E-state index contributed by atoms with van der Waals surface area (Å²) in [5, 5.41) is 1.16. The van der Waals surface area contributed by atoms with Crippen LogP contribution in [0.15, 0.2) is 18.5 Å². The van der Waals surface area contributed by atoms with Crippen LogP contribution in [0.25, 0.3) is 11.0 Å². The molecule has 0 aliphatic carbocycles. The summed E-state index contributed by atoms with van der Waals surface area (Å²) < 4.78 is 2.02. The van der Waals surface area contributed by atoms with Crippen LogP contribution in [0.3, 0.4) is 0 Å². The maximum absolute atomic E-state index is 5.74. The van der Waals surface area contributed by atoms with E-state index in [1.165, 1.54) is 5.69 Å². The minimum Gasteiger partial charge on any atom is -0.377 e. The number of aromatic nitrogens is 2. The fourth-order valence-electron chi connectivity index (χ4n) is 1.90. The first-order valence-corrected chi connectivity index (χ1v) is 4.95. The maximum Gasteiger partial charge on any atom is 0.142 e. The molecule has 0 bridgehead atoms. The highest BCUT2D eigenvalue weighted by Gasteiger charge is 2.11. The lowest BCUT2D eigenvalue weighted by Gasteiger charge is -2.14. The first kappa shape index (κ1) is 9.98. The molecule has 0 saturated heterocycles. The molecule has 4 nitrogen and oxygen atoms in total. The van der Waals surface area contributed by atoms with E-state index >= 15 is 0 Å². The molecule has 0 aliphatic rings. The zero-order valence-corrected chi connectivity index (χ0v) is 9.36. The fraction of sp³-hybridized carbons (Fsp3) is 0.364. The van der Waals surface area contributed by atoms with Crippen LogP contribution >= 0.6 is 0 Å². The molecular formula is C11H16N4. The van der Waals surface area contributed by atoms with Gasteiger partial charge in [0.25, 0.3) is 0 Å². The highest BCUT2D eigenvalue weighted by Crippen LogP contribution is 2.28. The average molecular weight is 204 g/mol. The lowest BCUT2D eigenvalue weighted by atomic mass is 10.2. The van der Waals surface area contributed by atoms with Crippen LogP contribution in [0.1, 0.15) is 5.56 Å². The Morgan fingerprint density at radius 2 is 2.20 bits per heavy atom. The van der Waals surface area contributed by atoms with E-state index in [0.29, 0.717) is 6.54 Å². The number of rotatable bonds is 2. The van der Waals surface area contributed by atoms with Crippen LogP contribution in [0.5, 0.6) is 0 Å². The molecule has 15 heavy (non-hydrogen) atoms. The van der Waals surface area contributed by atoms with Gasteiger partial charge in [-0.25, -0.2) is 4.98 Å². The van der Waals surface area contributed by atoms with Crippen molar-refractivity contribution in [3.63, 3.8) is 0 Å². The Morgan fingerprint density at radius 3 is 2.80 bits per heavy atom. The Balaban J connectivity index is 2.82. The van der Waals surface area contributed by atoms with Gasteiger partial charge in [0, 0.05) is 51.2 Å². The molecular weight excluding hydrogens is 188 g/mol. The lowest BCUT2D eigenvalue weighted by molar-refractivity contribution is 0.933. The van der Waals surface area contributed by atoms with Crippen molar-refractivity contribution in [1.82, 2.24) is 9.55 Å². The van der Waals surface area contributed by atoms with Crippen LogP contribution < -0.4 is 10.6 Å². The van der Waals surface area contributed by atoms with Gasteiger partial charge in [-0.2, -0.15) is 0 Å². The molecule has 2 aromatic heterocycles.